The quantitative estimate of drug-likeness (QED) is 0.805. The minimum absolute atomic E-state index is 0.0186. The molecule has 1 aromatic carbocycles. The number of benzene rings is 1. The van der Waals surface area contributed by atoms with Gasteiger partial charge in [0.25, 0.3) is 0 Å². The fourth-order valence-corrected chi connectivity index (χ4v) is 4.07. The van der Waals surface area contributed by atoms with Crippen LogP contribution in [0.4, 0.5) is 5.69 Å². The topological polar surface area (TPSA) is 35.5 Å². The van der Waals surface area contributed by atoms with Crippen LogP contribution in [-0.2, 0) is 5.41 Å². The van der Waals surface area contributed by atoms with E-state index in [1.165, 1.54) is 5.57 Å². The average Bonchev–Trinajstić information content (AvgIpc) is 2.89. The van der Waals surface area contributed by atoms with Gasteiger partial charge in [-0.2, -0.15) is 0 Å². The number of anilines is 1. The van der Waals surface area contributed by atoms with Gasteiger partial charge in [-0.05, 0) is 61.8 Å². The van der Waals surface area contributed by atoms with E-state index in [1.54, 1.807) is 6.07 Å². The van der Waals surface area contributed by atoms with E-state index in [-0.39, 0.29) is 11.6 Å². The summed E-state index contributed by atoms with van der Waals surface area (Å²) in [5.41, 5.74) is 3.45. The first-order valence-electron chi connectivity index (χ1n) is 7.08. The van der Waals surface area contributed by atoms with Gasteiger partial charge in [-0.15, -0.1) is 0 Å². The zero-order valence-electron chi connectivity index (χ0n) is 12.2. The van der Waals surface area contributed by atoms with Crippen molar-refractivity contribution >= 4 is 21.6 Å². The second kappa shape index (κ2) is 4.78. The summed E-state index contributed by atoms with van der Waals surface area (Å²) in [6.07, 6.45) is 4.59. The van der Waals surface area contributed by atoms with E-state index in [2.05, 4.69) is 53.1 Å². The molecule has 0 radical (unpaired) electrons. The summed E-state index contributed by atoms with van der Waals surface area (Å²) < 4.78 is 1.03. The highest BCUT2D eigenvalue weighted by Crippen LogP contribution is 2.55. The molecule has 0 aliphatic carbocycles. The number of fused-ring (bicyclic) bond motifs is 3. The van der Waals surface area contributed by atoms with Crippen molar-refractivity contribution in [2.45, 2.75) is 38.3 Å². The molecule has 2 atom stereocenters. The van der Waals surface area contributed by atoms with Gasteiger partial charge < -0.3 is 10.4 Å². The summed E-state index contributed by atoms with van der Waals surface area (Å²) in [6, 6.07) is 3.71. The smallest absolute Gasteiger partial charge is 0.121 e. The van der Waals surface area contributed by atoms with Crippen molar-refractivity contribution < 1.29 is 5.11 Å². The number of hydrogen-bond acceptors (Lipinski definition) is 3. The number of rotatable bonds is 2. The molecule has 1 aromatic rings. The average molecular weight is 337 g/mol. The molecule has 0 bridgehead atoms. The van der Waals surface area contributed by atoms with E-state index in [1.807, 2.05) is 6.07 Å². The summed E-state index contributed by atoms with van der Waals surface area (Å²) in [4.78, 5) is 2.35. The summed E-state index contributed by atoms with van der Waals surface area (Å²) in [7, 11) is 2.15. The zero-order chi connectivity index (χ0) is 14.5. The number of allylic oxidation sites excluding steroid dienone is 2. The third-order valence-corrected chi connectivity index (χ3v) is 5.32. The molecule has 1 fully saturated rings. The van der Waals surface area contributed by atoms with E-state index in [9.17, 15) is 5.11 Å². The van der Waals surface area contributed by atoms with Gasteiger partial charge in [0, 0.05) is 22.0 Å². The Labute approximate surface area is 128 Å². The monoisotopic (exact) mass is 336 g/mol. The van der Waals surface area contributed by atoms with Crippen molar-refractivity contribution in [1.82, 2.24) is 4.90 Å². The summed E-state index contributed by atoms with van der Waals surface area (Å²) in [5, 5.41) is 14.0. The van der Waals surface area contributed by atoms with Crippen molar-refractivity contribution in [3.05, 3.63) is 33.8 Å². The molecule has 0 amide bonds. The van der Waals surface area contributed by atoms with Crippen LogP contribution < -0.4 is 5.32 Å². The second-order valence-corrected chi connectivity index (χ2v) is 7.09. The molecule has 2 heterocycles. The molecular formula is C16H21BrN2O. The Morgan fingerprint density at radius 3 is 3.00 bits per heavy atom. The molecule has 20 heavy (non-hydrogen) atoms. The number of phenolic OH excluding ortho intramolecular Hbond substituents is 1. The number of halogens is 1. The predicted octanol–water partition coefficient (Wildman–Crippen LogP) is 3.84. The first-order valence-corrected chi connectivity index (χ1v) is 7.87. The summed E-state index contributed by atoms with van der Waals surface area (Å²) in [6.45, 7) is 5.32. The lowest BCUT2D eigenvalue weighted by molar-refractivity contribution is 0.282. The van der Waals surface area contributed by atoms with Crippen LogP contribution in [0.2, 0.25) is 0 Å². The van der Waals surface area contributed by atoms with Crippen LogP contribution in [-0.4, -0.2) is 29.8 Å². The number of aromatic hydroxyl groups is 1. The van der Waals surface area contributed by atoms with Crippen LogP contribution >= 0.6 is 15.9 Å². The van der Waals surface area contributed by atoms with E-state index in [0.29, 0.717) is 5.75 Å². The van der Waals surface area contributed by atoms with Crippen LogP contribution in [0.3, 0.4) is 0 Å². The number of phenols is 1. The molecule has 2 aliphatic heterocycles. The maximum Gasteiger partial charge on any atom is 0.121 e. The van der Waals surface area contributed by atoms with Gasteiger partial charge in [0.1, 0.15) is 5.75 Å². The van der Waals surface area contributed by atoms with Gasteiger partial charge in [-0.25, -0.2) is 0 Å². The van der Waals surface area contributed by atoms with Gasteiger partial charge in [0.2, 0.25) is 0 Å². The van der Waals surface area contributed by atoms with E-state index in [0.717, 1.165) is 35.1 Å². The standard InChI is InChI=1S/C16H21BrN2O/c1-10(2)6-7-16-8-9-19(3)15(16)18-14-11(17)4-5-12(20)13(14)16/h4-6,15,18,20H,7-9H2,1-3H3/t15-,16-/m0/s1. The Balaban J connectivity index is 2.15. The Hall–Kier alpha value is -1.00. The zero-order valence-corrected chi connectivity index (χ0v) is 13.8. The largest absolute Gasteiger partial charge is 0.508 e. The number of nitrogens with one attached hydrogen (secondary N) is 1. The van der Waals surface area contributed by atoms with Gasteiger partial charge in [0.15, 0.2) is 0 Å². The minimum Gasteiger partial charge on any atom is -0.508 e. The van der Waals surface area contributed by atoms with Crippen molar-refractivity contribution in [2.24, 2.45) is 0 Å². The molecule has 4 heteroatoms. The Kier molecular flexibility index (Phi) is 3.33. The van der Waals surface area contributed by atoms with E-state index in [4.69, 9.17) is 0 Å². The summed E-state index contributed by atoms with van der Waals surface area (Å²) in [5.74, 6) is 0.413. The van der Waals surface area contributed by atoms with Crippen LogP contribution in [0, 0.1) is 0 Å². The first kappa shape index (κ1) is 14.0. The third kappa shape index (κ3) is 1.89. The van der Waals surface area contributed by atoms with Crippen LogP contribution in [0.15, 0.2) is 28.3 Å². The fourth-order valence-electron chi connectivity index (χ4n) is 3.62. The molecule has 0 saturated carbocycles. The van der Waals surface area contributed by atoms with Gasteiger partial charge >= 0.3 is 0 Å². The first-order chi connectivity index (χ1) is 9.45. The second-order valence-electron chi connectivity index (χ2n) is 6.24. The maximum absolute atomic E-state index is 10.4. The molecule has 3 rings (SSSR count). The highest BCUT2D eigenvalue weighted by atomic mass is 79.9. The highest BCUT2D eigenvalue weighted by Gasteiger charge is 2.53. The lowest BCUT2D eigenvalue weighted by atomic mass is 9.75. The Morgan fingerprint density at radius 2 is 2.30 bits per heavy atom. The van der Waals surface area contributed by atoms with E-state index >= 15 is 0 Å². The molecule has 3 nitrogen and oxygen atoms in total. The molecule has 2 N–H and O–H groups in total. The maximum atomic E-state index is 10.4. The van der Waals surface area contributed by atoms with Gasteiger partial charge in [-0.1, -0.05) is 11.6 Å². The molecule has 0 spiro atoms. The van der Waals surface area contributed by atoms with E-state index < -0.39 is 0 Å². The number of hydrogen-bond donors (Lipinski definition) is 2. The fraction of sp³-hybridized carbons (Fsp3) is 0.500. The number of likely N-dealkylation sites (N-methyl/N-ethyl adjacent to an activating group) is 1. The lowest BCUT2D eigenvalue weighted by Gasteiger charge is -2.30. The molecular weight excluding hydrogens is 316 g/mol. The molecule has 1 saturated heterocycles. The van der Waals surface area contributed by atoms with Gasteiger partial charge in [0.05, 0.1) is 11.9 Å². The molecule has 108 valence electrons. The van der Waals surface area contributed by atoms with Gasteiger partial charge in [-0.3, -0.25) is 4.90 Å². The Morgan fingerprint density at radius 1 is 1.55 bits per heavy atom. The van der Waals surface area contributed by atoms with Crippen LogP contribution in [0.25, 0.3) is 0 Å². The van der Waals surface area contributed by atoms with Crippen molar-refractivity contribution in [3.8, 4) is 5.75 Å². The van der Waals surface area contributed by atoms with Crippen molar-refractivity contribution in [3.63, 3.8) is 0 Å². The lowest BCUT2D eigenvalue weighted by Crippen LogP contribution is -2.41. The van der Waals surface area contributed by atoms with Crippen molar-refractivity contribution in [2.75, 3.05) is 18.9 Å². The van der Waals surface area contributed by atoms with Crippen LogP contribution in [0.1, 0.15) is 32.3 Å². The highest BCUT2D eigenvalue weighted by molar-refractivity contribution is 9.10. The number of nitrogens with zero attached hydrogens (tertiary/aromatic N) is 1. The number of likely N-dealkylation sites (tertiary alicyclic amines) is 1. The Bertz CT molecular complexity index is 580. The predicted molar refractivity (Wildman–Crippen MR) is 86.2 cm³/mol. The minimum atomic E-state index is -0.0186. The molecule has 0 unspecified atom stereocenters. The van der Waals surface area contributed by atoms with Crippen LogP contribution in [0.5, 0.6) is 5.75 Å². The SMILES string of the molecule is CC(C)=CC[C@@]12CCN(C)[C@@H]1Nc1c(Br)ccc(O)c12. The summed E-state index contributed by atoms with van der Waals surface area (Å²) >= 11 is 3.61. The normalized spacial score (nSPS) is 27.9. The molecule has 2 aliphatic rings. The van der Waals surface area contributed by atoms with Crippen molar-refractivity contribution in [1.29, 1.82) is 0 Å². The molecule has 0 aromatic heterocycles. The third-order valence-electron chi connectivity index (χ3n) is 4.66.